The van der Waals surface area contributed by atoms with Gasteiger partial charge in [0.25, 0.3) is 0 Å². The van der Waals surface area contributed by atoms with Gasteiger partial charge in [-0.25, -0.2) is 4.98 Å². The predicted molar refractivity (Wildman–Crippen MR) is 64.0 cm³/mol. The first-order valence-electron chi connectivity index (χ1n) is 5.38. The Morgan fingerprint density at radius 2 is 1.94 bits per heavy atom. The topological polar surface area (TPSA) is 35.3 Å². The van der Waals surface area contributed by atoms with Gasteiger partial charge in [-0.2, -0.15) is 0 Å². The Hall–Kier alpha value is -1.51. The number of benzene rings is 1. The second kappa shape index (κ2) is 3.51. The minimum atomic E-state index is -0.0707. The van der Waals surface area contributed by atoms with Crippen LogP contribution in [0.3, 0.4) is 0 Å². The second-order valence-corrected chi connectivity index (χ2v) is 5.01. The fourth-order valence-electron chi connectivity index (χ4n) is 1.65. The number of oxazole rings is 1. The van der Waals surface area contributed by atoms with Crippen molar-refractivity contribution in [2.75, 3.05) is 7.11 Å². The van der Waals surface area contributed by atoms with Crippen LogP contribution in [0.15, 0.2) is 16.5 Å². The highest BCUT2D eigenvalue weighted by atomic mass is 16.5. The molecule has 86 valence electrons. The van der Waals surface area contributed by atoms with Gasteiger partial charge in [0.1, 0.15) is 11.3 Å². The van der Waals surface area contributed by atoms with E-state index in [1.165, 1.54) is 0 Å². The molecule has 0 radical (unpaired) electrons. The molecule has 0 atom stereocenters. The van der Waals surface area contributed by atoms with Crippen molar-refractivity contribution in [2.24, 2.45) is 0 Å². The maximum absolute atomic E-state index is 5.81. The minimum absolute atomic E-state index is 0.0707. The van der Waals surface area contributed by atoms with Crippen LogP contribution in [0, 0.1) is 6.92 Å². The highest BCUT2D eigenvalue weighted by Gasteiger charge is 2.22. The highest BCUT2D eigenvalue weighted by Crippen LogP contribution is 2.31. The van der Waals surface area contributed by atoms with E-state index in [9.17, 15) is 0 Å². The number of aryl methyl sites for hydroxylation is 1. The summed E-state index contributed by atoms with van der Waals surface area (Å²) in [5.74, 6) is 1.60. The van der Waals surface area contributed by atoms with Crippen molar-refractivity contribution in [1.29, 1.82) is 0 Å². The Morgan fingerprint density at radius 3 is 2.50 bits per heavy atom. The average molecular weight is 219 g/mol. The molecule has 0 bridgehead atoms. The molecule has 0 saturated heterocycles. The van der Waals surface area contributed by atoms with E-state index in [1.54, 1.807) is 7.11 Å². The molecule has 1 aromatic carbocycles. The van der Waals surface area contributed by atoms with Crippen molar-refractivity contribution in [2.45, 2.75) is 33.1 Å². The largest absolute Gasteiger partial charge is 0.496 e. The Balaban J connectivity index is 2.67. The maximum atomic E-state index is 5.81. The number of hydrogen-bond acceptors (Lipinski definition) is 3. The summed E-state index contributed by atoms with van der Waals surface area (Å²) in [4.78, 5) is 4.50. The van der Waals surface area contributed by atoms with Crippen LogP contribution in [0.25, 0.3) is 11.1 Å². The molecule has 0 N–H and O–H groups in total. The van der Waals surface area contributed by atoms with Crippen LogP contribution in [0.2, 0.25) is 0 Å². The average Bonchev–Trinajstić information content (AvgIpc) is 2.62. The molecule has 1 aromatic heterocycles. The molecule has 0 saturated carbocycles. The van der Waals surface area contributed by atoms with Crippen LogP contribution in [0.4, 0.5) is 0 Å². The summed E-state index contributed by atoms with van der Waals surface area (Å²) in [6.07, 6.45) is 0. The summed E-state index contributed by atoms with van der Waals surface area (Å²) in [5.41, 5.74) is 2.65. The number of methoxy groups -OCH3 is 1. The van der Waals surface area contributed by atoms with E-state index in [0.717, 1.165) is 28.3 Å². The molecule has 0 amide bonds. The van der Waals surface area contributed by atoms with Gasteiger partial charge >= 0.3 is 0 Å². The number of nitrogens with zero attached hydrogens (tertiary/aromatic N) is 1. The van der Waals surface area contributed by atoms with Gasteiger partial charge < -0.3 is 9.15 Å². The van der Waals surface area contributed by atoms with E-state index < -0.39 is 0 Å². The van der Waals surface area contributed by atoms with Crippen LogP contribution in [0.5, 0.6) is 5.75 Å². The second-order valence-electron chi connectivity index (χ2n) is 5.01. The van der Waals surface area contributed by atoms with E-state index in [1.807, 2.05) is 19.1 Å². The molecule has 0 spiro atoms. The summed E-state index contributed by atoms with van der Waals surface area (Å²) < 4.78 is 11.1. The van der Waals surface area contributed by atoms with E-state index in [2.05, 4.69) is 25.8 Å². The third-order valence-electron chi connectivity index (χ3n) is 2.62. The number of rotatable bonds is 1. The maximum Gasteiger partial charge on any atom is 0.200 e. The van der Waals surface area contributed by atoms with E-state index in [0.29, 0.717) is 0 Å². The fraction of sp³-hybridized carbons (Fsp3) is 0.462. The normalized spacial score (nSPS) is 12.1. The molecule has 3 heteroatoms. The molecule has 0 aliphatic carbocycles. The molecule has 16 heavy (non-hydrogen) atoms. The lowest BCUT2D eigenvalue weighted by atomic mass is 9.97. The van der Waals surface area contributed by atoms with Gasteiger partial charge in [0, 0.05) is 11.0 Å². The first kappa shape index (κ1) is 11.0. The van der Waals surface area contributed by atoms with Crippen molar-refractivity contribution in [3.63, 3.8) is 0 Å². The van der Waals surface area contributed by atoms with E-state index >= 15 is 0 Å². The van der Waals surface area contributed by atoms with Crippen LogP contribution in [-0.2, 0) is 5.41 Å². The van der Waals surface area contributed by atoms with Crippen molar-refractivity contribution in [3.8, 4) is 5.75 Å². The zero-order chi connectivity index (χ0) is 11.9. The molecule has 1 heterocycles. The zero-order valence-electron chi connectivity index (χ0n) is 10.4. The molecule has 2 aromatic rings. The van der Waals surface area contributed by atoms with Crippen LogP contribution < -0.4 is 4.74 Å². The lowest BCUT2D eigenvalue weighted by Gasteiger charge is -2.11. The molecule has 0 fully saturated rings. The number of fused-ring (bicyclic) bond motifs is 1. The Bertz CT molecular complexity index is 520. The lowest BCUT2D eigenvalue weighted by Crippen LogP contribution is -2.10. The SMILES string of the molecule is COc1ccc2nc(C(C)(C)C)oc2c1C. The standard InChI is InChI=1S/C13H17NO2/c1-8-10(15-5)7-6-9-11(8)16-12(14-9)13(2,3)4/h6-7H,1-5H3. The van der Waals surface area contributed by atoms with Gasteiger partial charge in [-0.3, -0.25) is 0 Å². The molecule has 0 unspecified atom stereocenters. The highest BCUT2D eigenvalue weighted by molar-refractivity contribution is 5.79. The summed E-state index contributed by atoms with van der Waals surface area (Å²) in [7, 11) is 1.66. The lowest BCUT2D eigenvalue weighted by molar-refractivity contribution is 0.401. The molecule has 0 aliphatic heterocycles. The Morgan fingerprint density at radius 1 is 1.25 bits per heavy atom. The smallest absolute Gasteiger partial charge is 0.200 e. The van der Waals surface area contributed by atoms with Gasteiger partial charge in [-0.05, 0) is 19.1 Å². The van der Waals surface area contributed by atoms with Gasteiger partial charge in [0.15, 0.2) is 5.58 Å². The number of hydrogen-bond donors (Lipinski definition) is 0. The molecule has 2 rings (SSSR count). The van der Waals surface area contributed by atoms with Crippen LogP contribution >= 0.6 is 0 Å². The summed E-state index contributed by atoms with van der Waals surface area (Å²) in [6.45, 7) is 8.25. The number of ether oxygens (including phenoxy) is 1. The van der Waals surface area contributed by atoms with Gasteiger partial charge in [-0.1, -0.05) is 20.8 Å². The fourth-order valence-corrected chi connectivity index (χ4v) is 1.65. The Labute approximate surface area is 95.4 Å². The third kappa shape index (κ3) is 1.66. The summed E-state index contributed by atoms with van der Waals surface area (Å²) >= 11 is 0. The van der Waals surface area contributed by atoms with Gasteiger partial charge in [-0.15, -0.1) is 0 Å². The molecule has 0 aliphatic rings. The molecular weight excluding hydrogens is 202 g/mol. The van der Waals surface area contributed by atoms with Crippen molar-refractivity contribution >= 4 is 11.1 Å². The first-order chi connectivity index (χ1) is 7.43. The van der Waals surface area contributed by atoms with Crippen molar-refractivity contribution in [3.05, 3.63) is 23.6 Å². The van der Waals surface area contributed by atoms with E-state index in [-0.39, 0.29) is 5.41 Å². The van der Waals surface area contributed by atoms with Gasteiger partial charge in [0.2, 0.25) is 5.89 Å². The van der Waals surface area contributed by atoms with Crippen LogP contribution in [-0.4, -0.2) is 12.1 Å². The van der Waals surface area contributed by atoms with Crippen LogP contribution in [0.1, 0.15) is 32.2 Å². The quantitative estimate of drug-likeness (QED) is 0.737. The van der Waals surface area contributed by atoms with Gasteiger partial charge in [0.05, 0.1) is 7.11 Å². The predicted octanol–water partition coefficient (Wildman–Crippen LogP) is 3.44. The van der Waals surface area contributed by atoms with E-state index in [4.69, 9.17) is 9.15 Å². The minimum Gasteiger partial charge on any atom is -0.496 e. The Kier molecular flexibility index (Phi) is 2.41. The summed E-state index contributed by atoms with van der Waals surface area (Å²) in [6, 6.07) is 3.85. The first-order valence-corrected chi connectivity index (χ1v) is 5.38. The molecular formula is C13H17NO2. The zero-order valence-corrected chi connectivity index (χ0v) is 10.4. The third-order valence-corrected chi connectivity index (χ3v) is 2.62. The number of aromatic nitrogens is 1. The van der Waals surface area contributed by atoms with Crippen molar-refractivity contribution < 1.29 is 9.15 Å². The molecule has 3 nitrogen and oxygen atoms in total. The summed E-state index contributed by atoms with van der Waals surface area (Å²) in [5, 5.41) is 0. The van der Waals surface area contributed by atoms with Crippen molar-refractivity contribution in [1.82, 2.24) is 4.98 Å². The monoisotopic (exact) mass is 219 g/mol.